The maximum Gasteiger partial charge on any atom is 0.222 e. The zero-order chi connectivity index (χ0) is 36.3. The van der Waals surface area contributed by atoms with Crippen LogP contribution in [-0.4, -0.2) is 113 Å². The van der Waals surface area contributed by atoms with Crippen LogP contribution in [0.5, 0.6) is 11.5 Å². The third-order valence-corrected chi connectivity index (χ3v) is 10.8. The Morgan fingerprint density at radius 2 is 1.31 bits per heavy atom. The molecule has 2 fully saturated rings. The first-order valence-electron chi connectivity index (χ1n) is 16.5. The average molecular weight is 796 g/mol. The Balaban J connectivity index is 0.000000167. The van der Waals surface area contributed by atoms with E-state index in [1.807, 2.05) is 23.1 Å². The highest BCUT2D eigenvalue weighted by Crippen LogP contribution is 2.51. The monoisotopic (exact) mass is 793 g/mol. The lowest BCUT2D eigenvalue weighted by Gasteiger charge is -2.49. The quantitative estimate of drug-likeness (QED) is 0.183. The average Bonchev–Trinajstić information content (AvgIpc) is 3.61. The SMILES string of the molecule is COCCN1CC2(C1)CN(c1nc(N)ncc1Cl)c1cc(O)ccc12.COCCN1CC2(CCc3cc(O)ccc32)C1.Cl.Nc1ncc(Cl)c(Cl)n1. The number of rotatable bonds is 7. The number of nitrogens with zero attached hydrogens (tertiary/aromatic N) is 7. The normalized spacial score (nSPS) is 17.5. The molecular formula is C35H43Cl4N9O4. The number of aromatic hydroxyl groups is 2. The van der Waals surface area contributed by atoms with Crippen LogP contribution in [0.1, 0.15) is 23.1 Å². The van der Waals surface area contributed by atoms with Gasteiger partial charge in [-0.2, -0.15) is 9.97 Å². The largest absolute Gasteiger partial charge is 0.508 e. The number of nitrogens with two attached hydrogens (primary N) is 2. The van der Waals surface area contributed by atoms with Gasteiger partial charge in [0.25, 0.3) is 0 Å². The topological polar surface area (TPSA) is 172 Å². The summed E-state index contributed by atoms with van der Waals surface area (Å²) < 4.78 is 10.3. The van der Waals surface area contributed by atoms with Crippen LogP contribution in [0, 0.1) is 0 Å². The van der Waals surface area contributed by atoms with Crippen LogP contribution >= 0.6 is 47.2 Å². The highest BCUT2D eigenvalue weighted by Gasteiger charge is 2.52. The second-order valence-corrected chi connectivity index (χ2v) is 14.5. The molecule has 2 spiro atoms. The van der Waals surface area contributed by atoms with Crippen LogP contribution in [0.3, 0.4) is 0 Å². The van der Waals surface area contributed by atoms with Gasteiger partial charge in [0.2, 0.25) is 11.9 Å². The van der Waals surface area contributed by atoms with E-state index < -0.39 is 0 Å². The number of hydrogen-bond donors (Lipinski definition) is 4. The summed E-state index contributed by atoms with van der Waals surface area (Å²) in [6.07, 6.45) is 5.21. The minimum atomic E-state index is -0.000183. The van der Waals surface area contributed by atoms with Crippen LogP contribution < -0.4 is 16.4 Å². The fourth-order valence-corrected chi connectivity index (χ4v) is 7.98. The fourth-order valence-electron chi connectivity index (χ4n) is 7.56. The molecule has 13 nitrogen and oxygen atoms in total. The highest BCUT2D eigenvalue weighted by molar-refractivity contribution is 6.41. The van der Waals surface area contributed by atoms with Gasteiger partial charge in [0.1, 0.15) is 16.5 Å². The van der Waals surface area contributed by atoms with E-state index in [-0.39, 0.29) is 40.6 Å². The Bertz CT molecular complexity index is 1860. The molecule has 0 bridgehead atoms. The van der Waals surface area contributed by atoms with Gasteiger partial charge in [0.05, 0.1) is 36.3 Å². The summed E-state index contributed by atoms with van der Waals surface area (Å²) in [5.41, 5.74) is 16.2. The summed E-state index contributed by atoms with van der Waals surface area (Å²) in [6, 6.07) is 11.4. The third kappa shape index (κ3) is 8.37. The number of methoxy groups -OCH3 is 2. The third-order valence-electron chi connectivity index (χ3n) is 9.89. The molecule has 5 heterocycles. The maximum absolute atomic E-state index is 9.97. The lowest BCUT2D eigenvalue weighted by molar-refractivity contribution is 0.0398. The van der Waals surface area contributed by atoms with Gasteiger partial charge in [-0.3, -0.25) is 9.80 Å². The van der Waals surface area contributed by atoms with Crippen molar-refractivity contribution in [3.05, 3.63) is 80.7 Å². The predicted octanol–water partition coefficient (Wildman–Crippen LogP) is 5.09. The lowest BCUT2D eigenvalue weighted by Crippen LogP contribution is -2.61. The molecule has 2 aromatic carbocycles. The molecule has 3 aliphatic heterocycles. The van der Waals surface area contributed by atoms with Crippen molar-refractivity contribution in [2.45, 2.75) is 23.7 Å². The number of aromatic nitrogens is 4. The molecular weight excluding hydrogens is 752 g/mol. The molecule has 1 aliphatic carbocycles. The standard InChI is InChI=1S/C17H20ClN5O2.C14H19NO2.C4H3Cl2N3.ClH/c1-25-5-4-22-8-17(9-22)10-23(14-6-11(24)2-3-12(14)17)15-13(18)7-20-16(19)21-15;1-17-7-6-15-9-14(10-15)5-4-11-8-12(16)2-3-13(11)14;5-2-1-8-4(7)9-3(2)6;/h2-3,6-7,24H,4-5,8-10H2,1H3,(H2,19,20,21);2-3,8,16H,4-7,9-10H2,1H3;1H,(H2,7,8,9);1H. The van der Waals surface area contributed by atoms with E-state index in [0.717, 1.165) is 71.1 Å². The number of ether oxygens (including phenoxy) is 2. The van der Waals surface area contributed by atoms with E-state index in [4.69, 9.17) is 55.7 Å². The van der Waals surface area contributed by atoms with Crippen LogP contribution in [0.15, 0.2) is 48.8 Å². The summed E-state index contributed by atoms with van der Waals surface area (Å²) in [6.45, 7) is 8.38. The Hall–Kier alpha value is -3.40. The number of anilines is 4. The highest BCUT2D eigenvalue weighted by atomic mass is 35.5. The summed E-state index contributed by atoms with van der Waals surface area (Å²) in [4.78, 5) is 22.3. The number of halogens is 4. The Morgan fingerprint density at radius 1 is 0.750 bits per heavy atom. The molecule has 6 N–H and O–H groups in total. The fraction of sp³-hybridized carbons (Fsp3) is 0.429. The zero-order valence-electron chi connectivity index (χ0n) is 28.9. The van der Waals surface area contributed by atoms with Gasteiger partial charge in [0.15, 0.2) is 11.0 Å². The van der Waals surface area contributed by atoms with Crippen LogP contribution in [-0.2, 0) is 26.7 Å². The van der Waals surface area contributed by atoms with E-state index in [0.29, 0.717) is 27.0 Å². The Kier molecular flexibility index (Phi) is 12.8. The molecule has 4 aromatic rings. The van der Waals surface area contributed by atoms with Gasteiger partial charge in [-0.15, -0.1) is 12.4 Å². The van der Waals surface area contributed by atoms with Crippen molar-refractivity contribution in [3.63, 3.8) is 0 Å². The molecule has 0 atom stereocenters. The summed E-state index contributed by atoms with van der Waals surface area (Å²) in [5, 5.41) is 20.4. The second-order valence-electron chi connectivity index (χ2n) is 13.4. The molecule has 0 saturated carbocycles. The van der Waals surface area contributed by atoms with Crippen molar-refractivity contribution in [3.8, 4) is 11.5 Å². The minimum Gasteiger partial charge on any atom is -0.508 e. The zero-order valence-corrected chi connectivity index (χ0v) is 32.0. The van der Waals surface area contributed by atoms with Crippen molar-refractivity contribution in [2.24, 2.45) is 0 Å². The summed E-state index contributed by atoms with van der Waals surface area (Å²) in [7, 11) is 3.47. The second kappa shape index (κ2) is 16.7. The van der Waals surface area contributed by atoms with E-state index in [9.17, 15) is 10.2 Å². The van der Waals surface area contributed by atoms with Crippen LogP contribution in [0.25, 0.3) is 0 Å². The number of hydrogen-bond acceptors (Lipinski definition) is 13. The van der Waals surface area contributed by atoms with E-state index in [1.54, 1.807) is 26.4 Å². The smallest absolute Gasteiger partial charge is 0.222 e. The molecule has 52 heavy (non-hydrogen) atoms. The number of likely N-dealkylation sites (tertiary alicyclic amines) is 2. The van der Waals surface area contributed by atoms with Crippen molar-refractivity contribution in [1.29, 1.82) is 0 Å². The van der Waals surface area contributed by atoms with Gasteiger partial charge in [-0.05, 0) is 47.7 Å². The van der Waals surface area contributed by atoms with E-state index in [1.165, 1.54) is 35.5 Å². The van der Waals surface area contributed by atoms with Gasteiger partial charge < -0.3 is 36.1 Å². The molecule has 0 radical (unpaired) electrons. The molecule has 17 heteroatoms. The maximum atomic E-state index is 9.97. The van der Waals surface area contributed by atoms with Crippen molar-refractivity contribution in [1.82, 2.24) is 29.7 Å². The molecule has 280 valence electrons. The minimum absolute atomic E-state index is 0. The molecule has 8 rings (SSSR count). The molecule has 4 aliphatic rings. The number of nitrogen functional groups attached to an aromatic ring is 2. The predicted molar refractivity (Wildman–Crippen MR) is 207 cm³/mol. The number of aryl methyl sites for hydroxylation is 1. The van der Waals surface area contributed by atoms with Crippen LogP contribution in [0.2, 0.25) is 15.2 Å². The first kappa shape index (κ1) is 39.8. The van der Waals surface area contributed by atoms with Gasteiger partial charge in [-0.25, -0.2) is 9.97 Å². The van der Waals surface area contributed by atoms with Crippen LogP contribution in [0.4, 0.5) is 23.4 Å². The lowest BCUT2D eigenvalue weighted by atomic mass is 9.75. The van der Waals surface area contributed by atoms with E-state index in [2.05, 4.69) is 35.8 Å². The number of phenols is 2. The Morgan fingerprint density at radius 3 is 1.90 bits per heavy atom. The Labute approximate surface area is 324 Å². The van der Waals surface area contributed by atoms with Crippen molar-refractivity contribution in [2.75, 3.05) is 89.6 Å². The molecule has 2 saturated heterocycles. The van der Waals surface area contributed by atoms with Crippen molar-refractivity contribution < 1.29 is 19.7 Å². The first-order chi connectivity index (χ1) is 24.5. The first-order valence-corrected chi connectivity index (χ1v) is 17.7. The summed E-state index contributed by atoms with van der Waals surface area (Å²) in [5.74, 6) is 1.50. The summed E-state index contributed by atoms with van der Waals surface area (Å²) >= 11 is 17.2. The number of phenolic OH excluding ortho intramolecular Hbond substituents is 2. The van der Waals surface area contributed by atoms with Crippen molar-refractivity contribution >= 4 is 70.6 Å². The molecule has 2 aromatic heterocycles. The molecule has 0 amide bonds. The van der Waals surface area contributed by atoms with E-state index >= 15 is 0 Å². The molecule has 0 unspecified atom stereocenters. The van der Waals surface area contributed by atoms with Gasteiger partial charge >= 0.3 is 0 Å². The van der Waals surface area contributed by atoms with Gasteiger partial charge in [-0.1, -0.05) is 46.9 Å². The number of benzene rings is 2. The number of fused-ring (bicyclic) bond motifs is 4. The van der Waals surface area contributed by atoms with Gasteiger partial charge in [0, 0.05) is 76.9 Å².